The summed E-state index contributed by atoms with van der Waals surface area (Å²) in [5.74, 6) is -0.0718. The van der Waals surface area contributed by atoms with Gasteiger partial charge in [-0.15, -0.1) is 0 Å². The van der Waals surface area contributed by atoms with E-state index in [0.717, 1.165) is 23.2 Å². The van der Waals surface area contributed by atoms with Crippen LogP contribution in [0.1, 0.15) is 24.0 Å². The lowest BCUT2D eigenvalue weighted by Gasteiger charge is -2.24. The highest BCUT2D eigenvalue weighted by atomic mass is 16.2. The van der Waals surface area contributed by atoms with Gasteiger partial charge in [0, 0.05) is 25.5 Å². The number of carbonyl (C=O) groups excluding carboxylic acids is 2. The number of likely N-dealkylation sites (tertiary alicyclic amines) is 1. The molecule has 1 N–H and O–H groups in total. The Balaban J connectivity index is 1.33. The number of aromatic nitrogens is 2. The van der Waals surface area contributed by atoms with E-state index in [1.165, 1.54) is 0 Å². The molecule has 2 amide bonds. The molecule has 29 heavy (non-hydrogen) atoms. The van der Waals surface area contributed by atoms with Gasteiger partial charge in [-0.05, 0) is 42.2 Å². The van der Waals surface area contributed by atoms with Crippen molar-refractivity contribution in [1.82, 2.24) is 20.0 Å². The zero-order valence-electron chi connectivity index (χ0n) is 16.2. The molecule has 0 bridgehead atoms. The number of hydrogen-bond acceptors (Lipinski definition) is 3. The molecule has 3 aromatic rings. The summed E-state index contributed by atoms with van der Waals surface area (Å²) in [5, 5.41) is 7.20. The van der Waals surface area contributed by atoms with Crippen molar-refractivity contribution in [3.63, 3.8) is 0 Å². The smallest absolute Gasteiger partial charge is 0.243 e. The number of carbonyl (C=O) groups is 2. The Morgan fingerprint density at radius 3 is 2.52 bits per heavy atom. The Morgan fingerprint density at radius 1 is 1.00 bits per heavy atom. The Morgan fingerprint density at radius 2 is 1.79 bits per heavy atom. The Kier molecular flexibility index (Phi) is 5.70. The monoisotopic (exact) mass is 388 g/mol. The fraction of sp³-hybridized carbons (Fsp3) is 0.261. The normalized spacial score (nSPS) is 16.0. The van der Waals surface area contributed by atoms with Gasteiger partial charge in [-0.3, -0.25) is 9.59 Å². The van der Waals surface area contributed by atoms with Gasteiger partial charge in [-0.1, -0.05) is 42.5 Å². The van der Waals surface area contributed by atoms with Crippen LogP contribution in [0.5, 0.6) is 0 Å². The van der Waals surface area contributed by atoms with Gasteiger partial charge in [0.15, 0.2) is 0 Å². The maximum absolute atomic E-state index is 12.7. The van der Waals surface area contributed by atoms with Crippen LogP contribution in [-0.4, -0.2) is 39.1 Å². The molecule has 1 aliphatic rings. The summed E-state index contributed by atoms with van der Waals surface area (Å²) in [6, 6.07) is 19.1. The highest BCUT2D eigenvalue weighted by Crippen LogP contribution is 2.19. The highest BCUT2D eigenvalue weighted by Gasteiger charge is 2.33. The molecule has 6 heteroatoms. The molecule has 1 fully saturated rings. The molecular weight excluding hydrogens is 364 g/mol. The molecule has 0 radical (unpaired) electrons. The van der Waals surface area contributed by atoms with Crippen molar-refractivity contribution in [3.05, 3.63) is 84.2 Å². The topological polar surface area (TPSA) is 67.2 Å². The highest BCUT2D eigenvalue weighted by molar-refractivity contribution is 5.89. The Labute approximate surface area is 170 Å². The third-order valence-corrected chi connectivity index (χ3v) is 5.25. The average Bonchev–Trinajstić information content (AvgIpc) is 3.45. The van der Waals surface area contributed by atoms with E-state index >= 15 is 0 Å². The lowest BCUT2D eigenvalue weighted by atomic mass is 10.1. The van der Waals surface area contributed by atoms with E-state index in [9.17, 15) is 9.59 Å². The van der Waals surface area contributed by atoms with Gasteiger partial charge in [0.05, 0.1) is 12.1 Å². The van der Waals surface area contributed by atoms with Crippen LogP contribution in [0.2, 0.25) is 0 Å². The maximum atomic E-state index is 12.7. The predicted octanol–water partition coefficient (Wildman–Crippen LogP) is 2.72. The zero-order valence-corrected chi connectivity index (χ0v) is 16.2. The van der Waals surface area contributed by atoms with Crippen LogP contribution in [0.25, 0.3) is 5.69 Å². The maximum Gasteiger partial charge on any atom is 0.243 e. The fourth-order valence-electron chi connectivity index (χ4n) is 3.70. The first kappa shape index (κ1) is 18.9. The van der Waals surface area contributed by atoms with Gasteiger partial charge in [-0.2, -0.15) is 5.10 Å². The molecule has 2 aromatic carbocycles. The quantitative estimate of drug-likeness (QED) is 0.706. The van der Waals surface area contributed by atoms with Crippen molar-refractivity contribution >= 4 is 11.8 Å². The van der Waals surface area contributed by atoms with Crippen molar-refractivity contribution in [3.8, 4) is 5.69 Å². The predicted molar refractivity (Wildman–Crippen MR) is 110 cm³/mol. The first-order chi connectivity index (χ1) is 14.2. The van der Waals surface area contributed by atoms with E-state index in [0.29, 0.717) is 25.9 Å². The summed E-state index contributed by atoms with van der Waals surface area (Å²) >= 11 is 0. The number of amides is 2. The van der Waals surface area contributed by atoms with Crippen LogP contribution in [-0.2, 0) is 22.6 Å². The summed E-state index contributed by atoms with van der Waals surface area (Å²) in [5.41, 5.74) is 2.95. The first-order valence-electron chi connectivity index (χ1n) is 9.91. The minimum atomic E-state index is -0.380. The third-order valence-electron chi connectivity index (χ3n) is 5.25. The minimum Gasteiger partial charge on any atom is -0.350 e. The average molecular weight is 388 g/mol. The van der Waals surface area contributed by atoms with Gasteiger partial charge >= 0.3 is 0 Å². The number of nitrogens with zero attached hydrogens (tertiary/aromatic N) is 3. The van der Waals surface area contributed by atoms with Gasteiger partial charge < -0.3 is 10.2 Å². The van der Waals surface area contributed by atoms with Crippen molar-refractivity contribution in [2.24, 2.45) is 0 Å². The summed E-state index contributed by atoms with van der Waals surface area (Å²) < 4.78 is 1.79. The lowest BCUT2D eigenvalue weighted by Crippen LogP contribution is -2.46. The van der Waals surface area contributed by atoms with Crippen LogP contribution in [0.3, 0.4) is 0 Å². The molecule has 6 nitrogen and oxygen atoms in total. The summed E-state index contributed by atoms with van der Waals surface area (Å²) in [6.45, 7) is 1.08. The van der Waals surface area contributed by atoms with Crippen LogP contribution >= 0.6 is 0 Å². The van der Waals surface area contributed by atoms with E-state index in [1.54, 1.807) is 15.8 Å². The molecule has 1 saturated heterocycles. The molecule has 1 unspecified atom stereocenters. The van der Waals surface area contributed by atoms with Crippen molar-refractivity contribution in [1.29, 1.82) is 0 Å². The molecule has 0 spiro atoms. The number of benzene rings is 2. The fourth-order valence-corrected chi connectivity index (χ4v) is 3.70. The zero-order chi connectivity index (χ0) is 20.1. The van der Waals surface area contributed by atoms with E-state index in [2.05, 4.69) is 10.4 Å². The van der Waals surface area contributed by atoms with E-state index in [4.69, 9.17) is 0 Å². The second-order valence-electron chi connectivity index (χ2n) is 7.24. The van der Waals surface area contributed by atoms with Crippen LogP contribution in [0.4, 0.5) is 0 Å². The van der Waals surface area contributed by atoms with Crippen LogP contribution < -0.4 is 5.32 Å². The summed E-state index contributed by atoms with van der Waals surface area (Å²) in [6.07, 6.45) is 5.53. The molecular formula is C23H24N4O2. The van der Waals surface area contributed by atoms with Gasteiger partial charge in [0.25, 0.3) is 0 Å². The second kappa shape index (κ2) is 8.73. The largest absolute Gasteiger partial charge is 0.350 e. The summed E-state index contributed by atoms with van der Waals surface area (Å²) in [4.78, 5) is 27.1. The molecule has 0 aliphatic carbocycles. The van der Waals surface area contributed by atoms with Gasteiger partial charge in [0.2, 0.25) is 11.8 Å². The molecule has 2 heterocycles. The van der Waals surface area contributed by atoms with Crippen molar-refractivity contribution < 1.29 is 9.59 Å². The molecule has 1 atom stereocenters. The first-order valence-corrected chi connectivity index (χ1v) is 9.91. The Bertz CT molecular complexity index is 952. The van der Waals surface area contributed by atoms with E-state index in [-0.39, 0.29) is 17.9 Å². The number of nitrogens with one attached hydrogen (secondary N) is 1. The third kappa shape index (κ3) is 4.54. The summed E-state index contributed by atoms with van der Waals surface area (Å²) in [7, 11) is 0. The molecule has 1 aromatic heterocycles. The van der Waals surface area contributed by atoms with Crippen molar-refractivity contribution in [2.45, 2.75) is 31.8 Å². The van der Waals surface area contributed by atoms with E-state index in [1.807, 2.05) is 66.9 Å². The molecule has 0 saturated carbocycles. The Hall–Kier alpha value is -3.41. The van der Waals surface area contributed by atoms with Crippen molar-refractivity contribution in [2.75, 3.05) is 6.54 Å². The van der Waals surface area contributed by atoms with Crippen LogP contribution in [0.15, 0.2) is 73.1 Å². The van der Waals surface area contributed by atoms with Gasteiger partial charge in [-0.25, -0.2) is 4.68 Å². The molecule has 4 rings (SSSR count). The SMILES string of the molecule is O=C(NCc1ccc(-n2cccn2)cc1)C1CCCN1C(=O)Cc1ccccc1. The standard InChI is InChI=1S/C23H24N4O2/c28-22(16-18-6-2-1-3-7-18)26-14-4-8-21(26)23(29)24-17-19-9-11-20(12-10-19)27-15-5-13-25-27/h1-3,5-7,9-13,15,21H,4,8,14,16-17H2,(H,24,29). The second-order valence-corrected chi connectivity index (χ2v) is 7.24. The van der Waals surface area contributed by atoms with Gasteiger partial charge in [0.1, 0.15) is 6.04 Å². The minimum absolute atomic E-state index is 0.0115. The lowest BCUT2D eigenvalue weighted by molar-refractivity contribution is -0.138. The van der Waals surface area contributed by atoms with E-state index < -0.39 is 0 Å². The number of hydrogen-bond donors (Lipinski definition) is 1. The van der Waals surface area contributed by atoms with Crippen LogP contribution in [0, 0.1) is 0 Å². The molecule has 148 valence electrons. The number of rotatable bonds is 6. The molecule has 1 aliphatic heterocycles.